The number of aryl methyl sites for hydroxylation is 2. The van der Waals surface area contributed by atoms with Gasteiger partial charge in [-0.3, -0.25) is 9.48 Å². The number of nitrogens with one attached hydrogen (secondary N) is 1. The van der Waals surface area contributed by atoms with Crippen LogP contribution in [0.1, 0.15) is 16.1 Å². The Bertz CT molecular complexity index is 581. The molecule has 100 valence electrons. The molecule has 6 nitrogen and oxygen atoms in total. The van der Waals surface area contributed by atoms with Gasteiger partial charge in [-0.25, -0.2) is 8.42 Å². The van der Waals surface area contributed by atoms with Crippen LogP contribution in [0.2, 0.25) is 0 Å². The second kappa shape index (κ2) is 4.55. The largest absolute Gasteiger partial charge is 0.347 e. The first-order chi connectivity index (χ1) is 8.28. The van der Waals surface area contributed by atoms with Crippen molar-refractivity contribution in [2.24, 2.45) is 7.05 Å². The van der Waals surface area contributed by atoms with Gasteiger partial charge in [-0.15, -0.1) is 11.6 Å². The fourth-order valence-corrected chi connectivity index (χ4v) is 4.56. The van der Waals surface area contributed by atoms with Crippen molar-refractivity contribution < 1.29 is 13.2 Å². The van der Waals surface area contributed by atoms with Crippen LogP contribution in [0.5, 0.6) is 0 Å². The van der Waals surface area contributed by atoms with Gasteiger partial charge in [0, 0.05) is 13.2 Å². The van der Waals surface area contributed by atoms with E-state index in [1.165, 1.54) is 4.68 Å². The highest BCUT2D eigenvalue weighted by Gasteiger charge is 2.37. The van der Waals surface area contributed by atoms with Crippen molar-refractivity contribution in [3.05, 3.63) is 17.5 Å². The Hall–Kier alpha value is -1.08. The Balaban J connectivity index is 2.11. The minimum absolute atomic E-state index is 0.0917. The van der Waals surface area contributed by atoms with Gasteiger partial charge >= 0.3 is 0 Å². The van der Waals surface area contributed by atoms with E-state index < -0.39 is 21.3 Å². The van der Waals surface area contributed by atoms with Crippen LogP contribution < -0.4 is 5.32 Å². The zero-order valence-electron chi connectivity index (χ0n) is 10.1. The number of alkyl halides is 1. The van der Waals surface area contributed by atoms with Gasteiger partial charge in [-0.1, -0.05) is 0 Å². The van der Waals surface area contributed by atoms with E-state index in [4.69, 9.17) is 11.6 Å². The topological polar surface area (TPSA) is 81.1 Å². The first-order valence-corrected chi connectivity index (χ1v) is 7.70. The number of hydrogen-bond donors (Lipinski definition) is 1. The number of amides is 1. The Morgan fingerprint density at radius 2 is 2.22 bits per heavy atom. The number of nitrogens with zero attached hydrogens (tertiary/aromatic N) is 2. The molecule has 0 spiro atoms. The van der Waals surface area contributed by atoms with E-state index in [9.17, 15) is 13.2 Å². The molecule has 0 aliphatic carbocycles. The molecular weight excluding hydrogens is 278 g/mol. The third kappa shape index (κ3) is 2.67. The predicted molar refractivity (Wildman–Crippen MR) is 67.5 cm³/mol. The van der Waals surface area contributed by atoms with Gasteiger partial charge < -0.3 is 5.32 Å². The molecule has 0 saturated carbocycles. The highest BCUT2D eigenvalue weighted by molar-refractivity contribution is 7.91. The summed E-state index contributed by atoms with van der Waals surface area (Å²) in [6, 6.07) is -0.538. The van der Waals surface area contributed by atoms with Gasteiger partial charge in [0.15, 0.2) is 9.84 Å². The van der Waals surface area contributed by atoms with Gasteiger partial charge in [-0.05, 0) is 6.92 Å². The molecule has 1 fully saturated rings. The molecule has 1 saturated heterocycles. The number of carbonyl (C=O) groups excluding carboxylic acids is 1. The summed E-state index contributed by atoms with van der Waals surface area (Å²) < 4.78 is 24.3. The summed E-state index contributed by atoms with van der Waals surface area (Å²) in [6.45, 7) is 1.72. The lowest BCUT2D eigenvalue weighted by Crippen LogP contribution is -2.40. The standard InChI is InChI=1S/C10H14ClN3O3S/c1-6-7(3-14(2)13-6)10(15)12-9-5-18(16,17)4-8(9)11/h3,8-9H,4-5H2,1-2H3,(H,12,15). The highest BCUT2D eigenvalue weighted by atomic mass is 35.5. The van der Waals surface area contributed by atoms with E-state index in [0.29, 0.717) is 11.3 Å². The average Bonchev–Trinajstić information content (AvgIpc) is 2.66. The number of aromatic nitrogens is 2. The van der Waals surface area contributed by atoms with E-state index in [1.807, 2.05) is 0 Å². The van der Waals surface area contributed by atoms with Crippen LogP contribution in [0, 0.1) is 6.92 Å². The van der Waals surface area contributed by atoms with Crippen molar-refractivity contribution >= 4 is 27.3 Å². The first-order valence-electron chi connectivity index (χ1n) is 5.44. The van der Waals surface area contributed by atoms with Crippen molar-refractivity contribution in [1.82, 2.24) is 15.1 Å². The van der Waals surface area contributed by atoms with Crippen molar-refractivity contribution in [2.45, 2.75) is 18.3 Å². The van der Waals surface area contributed by atoms with Gasteiger partial charge in [0.05, 0.1) is 34.2 Å². The second-order valence-corrected chi connectivity index (χ2v) is 7.19. The zero-order valence-corrected chi connectivity index (χ0v) is 11.6. The third-order valence-corrected chi connectivity index (χ3v) is 5.23. The van der Waals surface area contributed by atoms with Gasteiger partial charge in [-0.2, -0.15) is 5.10 Å². The average molecular weight is 292 g/mol. The molecule has 8 heteroatoms. The smallest absolute Gasteiger partial charge is 0.255 e. The Kier molecular flexibility index (Phi) is 3.37. The molecule has 2 unspecified atom stereocenters. The van der Waals surface area contributed by atoms with E-state index in [2.05, 4.69) is 10.4 Å². The number of sulfone groups is 1. The summed E-state index contributed by atoms with van der Waals surface area (Å²) in [5, 5.41) is 6.14. The number of hydrogen-bond acceptors (Lipinski definition) is 4. The van der Waals surface area contributed by atoms with Gasteiger partial charge in [0.1, 0.15) is 0 Å². The molecule has 1 aromatic heterocycles. The lowest BCUT2D eigenvalue weighted by atomic mass is 10.2. The summed E-state index contributed by atoms with van der Waals surface area (Å²) >= 11 is 5.92. The number of rotatable bonds is 2. The summed E-state index contributed by atoms with van der Waals surface area (Å²) in [4.78, 5) is 12.0. The summed E-state index contributed by atoms with van der Waals surface area (Å²) in [7, 11) is -1.43. The number of carbonyl (C=O) groups is 1. The Morgan fingerprint density at radius 1 is 1.56 bits per heavy atom. The van der Waals surface area contributed by atoms with E-state index in [-0.39, 0.29) is 17.4 Å². The normalized spacial score (nSPS) is 26.2. The highest BCUT2D eigenvalue weighted by Crippen LogP contribution is 2.18. The van der Waals surface area contributed by atoms with Crippen LogP contribution in [-0.4, -0.2) is 47.0 Å². The molecule has 1 aromatic rings. The first kappa shape index (κ1) is 13.4. The predicted octanol–water partition coefficient (Wildman–Crippen LogP) is -0.137. The van der Waals surface area contributed by atoms with Crippen LogP contribution in [0.3, 0.4) is 0 Å². The monoisotopic (exact) mass is 291 g/mol. The minimum Gasteiger partial charge on any atom is -0.347 e. The molecule has 0 aromatic carbocycles. The van der Waals surface area contributed by atoms with Crippen LogP contribution in [0.25, 0.3) is 0 Å². The molecule has 2 atom stereocenters. The maximum absolute atomic E-state index is 12.0. The zero-order chi connectivity index (χ0) is 13.5. The molecule has 1 aliphatic rings. The fraction of sp³-hybridized carbons (Fsp3) is 0.600. The van der Waals surface area contributed by atoms with E-state index >= 15 is 0 Å². The molecular formula is C10H14ClN3O3S. The molecule has 2 heterocycles. The third-order valence-electron chi connectivity index (χ3n) is 2.86. The van der Waals surface area contributed by atoms with Crippen molar-refractivity contribution in [3.8, 4) is 0 Å². The van der Waals surface area contributed by atoms with E-state index in [1.54, 1.807) is 20.2 Å². The lowest BCUT2D eigenvalue weighted by Gasteiger charge is -2.13. The maximum Gasteiger partial charge on any atom is 0.255 e. The molecule has 1 N–H and O–H groups in total. The molecule has 0 bridgehead atoms. The van der Waals surface area contributed by atoms with Crippen LogP contribution >= 0.6 is 11.6 Å². The van der Waals surface area contributed by atoms with E-state index in [0.717, 1.165) is 0 Å². The summed E-state index contributed by atoms with van der Waals surface area (Å²) in [6.07, 6.45) is 1.59. The molecule has 1 aliphatic heterocycles. The number of halogens is 1. The van der Waals surface area contributed by atoms with Crippen LogP contribution in [-0.2, 0) is 16.9 Å². The van der Waals surface area contributed by atoms with Crippen molar-refractivity contribution in [2.75, 3.05) is 11.5 Å². The van der Waals surface area contributed by atoms with Gasteiger partial charge in [0.25, 0.3) is 5.91 Å². The van der Waals surface area contributed by atoms with Crippen LogP contribution in [0.4, 0.5) is 0 Å². The molecule has 18 heavy (non-hydrogen) atoms. The maximum atomic E-state index is 12.0. The summed E-state index contributed by atoms with van der Waals surface area (Å²) in [5.41, 5.74) is 1.03. The molecule has 0 radical (unpaired) electrons. The van der Waals surface area contributed by atoms with Crippen LogP contribution in [0.15, 0.2) is 6.20 Å². The molecule has 1 amide bonds. The van der Waals surface area contributed by atoms with Gasteiger partial charge in [0.2, 0.25) is 0 Å². The van der Waals surface area contributed by atoms with Crippen molar-refractivity contribution in [1.29, 1.82) is 0 Å². The Labute approximate surface area is 110 Å². The molecule has 2 rings (SSSR count). The minimum atomic E-state index is -3.14. The fourth-order valence-electron chi connectivity index (χ4n) is 2.01. The SMILES string of the molecule is Cc1nn(C)cc1C(=O)NC1CS(=O)(=O)CC1Cl. The quantitative estimate of drug-likeness (QED) is 0.769. The summed E-state index contributed by atoms with van der Waals surface area (Å²) in [5.74, 6) is -0.536. The second-order valence-electron chi connectivity index (χ2n) is 4.47. The van der Waals surface area contributed by atoms with Crippen molar-refractivity contribution in [3.63, 3.8) is 0 Å². The lowest BCUT2D eigenvalue weighted by molar-refractivity contribution is 0.0941. The Morgan fingerprint density at radius 3 is 2.67 bits per heavy atom.